The molecule has 0 radical (unpaired) electrons. The Bertz CT molecular complexity index is 866. The van der Waals surface area contributed by atoms with Gasteiger partial charge in [0.05, 0.1) is 16.8 Å². The summed E-state index contributed by atoms with van der Waals surface area (Å²) in [6.07, 6.45) is -0.111. The van der Waals surface area contributed by atoms with Gasteiger partial charge in [0.1, 0.15) is 5.60 Å². The fourth-order valence-corrected chi connectivity index (χ4v) is 6.79. The Morgan fingerprint density at radius 2 is 1.32 bits per heavy atom. The van der Waals surface area contributed by atoms with Gasteiger partial charge in [0.15, 0.2) is 5.12 Å². The van der Waals surface area contributed by atoms with Crippen molar-refractivity contribution in [2.75, 3.05) is 0 Å². The molecule has 6 rings (SSSR count). The second kappa shape index (κ2) is 4.57. The van der Waals surface area contributed by atoms with Gasteiger partial charge >= 0.3 is 0 Å². The SMILES string of the molecule is CC12O[C@@H]3[C@@H](SC(=O)C3(C)C)C(C)(c3ccccc31)c1ccccc12. The zero-order chi connectivity index (χ0) is 17.6. The van der Waals surface area contributed by atoms with E-state index in [1.165, 1.54) is 34.0 Å². The summed E-state index contributed by atoms with van der Waals surface area (Å²) < 4.78 is 6.88. The monoisotopic (exact) mass is 350 g/mol. The molecule has 25 heavy (non-hydrogen) atoms. The van der Waals surface area contributed by atoms with Crippen LogP contribution >= 0.6 is 11.8 Å². The van der Waals surface area contributed by atoms with Crippen molar-refractivity contribution in [3.8, 4) is 0 Å². The Balaban J connectivity index is 1.91. The van der Waals surface area contributed by atoms with Gasteiger partial charge in [0.2, 0.25) is 0 Å². The Hall–Kier alpha value is -1.58. The molecule has 128 valence electrons. The summed E-state index contributed by atoms with van der Waals surface area (Å²) >= 11 is 1.49. The van der Waals surface area contributed by atoms with Crippen molar-refractivity contribution in [1.82, 2.24) is 0 Å². The van der Waals surface area contributed by atoms with Crippen molar-refractivity contribution in [3.05, 3.63) is 70.8 Å². The minimum Gasteiger partial charge on any atom is -0.360 e. The van der Waals surface area contributed by atoms with Gasteiger partial charge < -0.3 is 4.74 Å². The van der Waals surface area contributed by atoms with Crippen LogP contribution in [0.25, 0.3) is 0 Å². The van der Waals surface area contributed by atoms with Gasteiger partial charge in [-0.3, -0.25) is 4.79 Å². The summed E-state index contributed by atoms with van der Waals surface area (Å²) in [5, 5.41) is 0.330. The van der Waals surface area contributed by atoms with Crippen LogP contribution in [-0.2, 0) is 20.5 Å². The summed E-state index contributed by atoms with van der Waals surface area (Å²) in [5.41, 5.74) is 3.87. The van der Waals surface area contributed by atoms with Crippen molar-refractivity contribution in [3.63, 3.8) is 0 Å². The molecular formula is C22H22O2S. The second-order valence-corrected chi connectivity index (χ2v) is 9.53. The second-order valence-electron chi connectivity index (χ2n) is 8.41. The number of ether oxygens (including phenoxy) is 1. The molecule has 4 aliphatic rings. The third-order valence-electron chi connectivity index (χ3n) is 6.68. The number of rotatable bonds is 0. The number of benzene rings is 2. The minimum atomic E-state index is -0.519. The quantitative estimate of drug-likeness (QED) is 0.692. The maximum atomic E-state index is 12.8. The first kappa shape index (κ1) is 15.7. The molecule has 3 heterocycles. The third-order valence-corrected chi connectivity index (χ3v) is 8.39. The lowest BCUT2D eigenvalue weighted by molar-refractivity contribution is -0.134. The molecule has 1 aliphatic carbocycles. The minimum absolute atomic E-state index is 0.0848. The highest BCUT2D eigenvalue weighted by Gasteiger charge is 2.65. The lowest BCUT2D eigenvalue weighted by atomic mass is 9.61. The molecule has 0 N–H and O–H groups in total. The smallest absolute Gasteiger partial charge is 0.197 e. The third kappa shape index (κ3) is 1.64. The summed E-state index contributed by atoms with van der Waals surface area (Å²) in [4.78, 5) is 12.8. The van der Waals surface area contributed by atoms with Gasteiger partial charge in [-0.2, -0.15) is 0 Å². The lowest BCUT2D eigenvalue weighted by Gasteiger charge is -2.43. The Labute approximate surface area is 153 Å². The molecule has 0 saturated carbocycles. The average Bonchev–Trinajstić information content (AvgIpc) is 2.74. The lowest BCUT2D eigenvalue weighted by Crippen LogP contribution is -2.44. The number of carbonyl (C=O) groups excluding carboxylic acids is 1. The highest BCUT2D eigenvalue weighted by molar-refractivity contribution is 8.14. The predicted octanol–water partition coefficient (Wildman–Crippen LogP) is 4.64. The molecule has 2 atom stereocenters. The van der Waals surface area contributed by atoms with Crippen LogP contribution in [0.5, 0.6) is 0 Å². The molecule has 0 unspecified atom stereocenters. The maximum absolute atomic E-state index is 12.8. The molecule has 2 nitrogen and oxygen atoms in total. The summed E-state index contributed by atoms with van der Waals surface area (Å²) in [5.74, 6) is 0. The zero-order valence-corrected chi connectivity index (χ0v) is 15.8. The molecule has 0 spiro atoms. The molecule has 3 heteroatoms. The number of hydrogen-bond acceptors (Lipinski definition) is 3. The molecule has 1 fully saturated rings. The van der Waals surface area contributed by atoms with E-state index in [0.29, 0.717) is 0 Å². The topological polar surface area (TPSA) is 26.3 Å². The number of thioether (sulfide) groups is 1. The van der Waals surface area contributed by atoms with E-state index in [1.807, 2.05) is 13.8 Å². The van der Waals surface area contributed by atoms with Crippen molar-refractivity contribution < 1.29 is 9.53 Å². The number of carbonyl (C=O) groups is 1. The van der Waals surface area contributed by atoms with Crippen molar-refractivity contribution >= 4 is 16.9 Å². The first-order valence-electron chi connectivity index (χ1n) is 8.90. The molecule has 2 bridgehead atoms. The molecule has 2 aromatic rings. The van der Waals surface area contributed by atoms with Crippen LogP contribution in [0.1, 0.15) is 49.9 Å². The van der Waals surface area contributed by atoms with E-state index in [-0.39, 0.29) is 21.9 Å². The fraction of sp³-hybridized carbons (Fsp3) is 0.409. The van der Waals surface area contributed by atoms with E-state index < -0.39 is 11.0 Å². The molecular weight excluding hydrogens is 328 g/mol. The van der Waals surface area contributed by atoms with Crippen molar-refractivity contribution in [2.45, 2.75) is 50.1 Å². The van der Waals surface area contributed by atoms with E-state index in [2.05, 4.69) is 62.4 Å². The van der Waals surface area contributed by atoms with E-state index in [9.17, 15) is 4.79 Å². The molecule has 3 aliphatic heterocycles. The van der Waals surface area contributed by atoms with Crippen LogP contribution in [0.4, 0.5) is 0 Å². The van der Waals surface area contributed by atoms with E-state index >= 15 is 0 Å². The van der Waals surface area contributed by atoms with Gasteiger partial charge in [-0.25, -0.2) is 0 Å². The molecule has 2 aromatic carbocycles. The van der Waals surface area contributed by atoms with Crippen LogP contribution in [-0.4, -0.2) is 16.5 Å². The van der Waals surface area contributed by atoms with Gasteiger partial charge in [-0.05, 0) is 43.0 Å². The van der Waals surface area contributed by atoms with Crippen LogP contribution in [0.15, 0.2) is 48.5 Å². The van der Waals surface area contributed by atoms with Crippen molar-refractivity contribution in [2.24, 2.45) is 5.41 Å². The maximum Gasteiger partial charge on any atom is 0.197 e. The summed E-state index contributed by atoms with van der Waals surface area (Å²) in [6.45, 7) is 8.56. The highest BCUT2D eigenvalue weighted by Crippen LogP contribution is 2.63. The van der Waals surface area contributed by atoms with Gasteiger partial charge in [-0.15, -0.1) is 0 Å². The zero-order valence-electron chi connectivity index (χ0n) is 15.0. The standard InChI is InChI=1S/C22H22O2S/c1-20(2)17-18(25-19(20)23)21(3)13-9-5-7-11-15(13)22(4,24-17)16-12-8-6-10-14(16)21/h5-12,17-18H,1-4H3/t17-,18-,21?,22?/m1/s1. The Kier molecular flexibility index (Phi) is 2.87. The molecule has 1 saturated heterocycles. The van der Waals surface area contributed by atoms with Crippen LogP contribution in [0, 0.1) is 5.41 Å². The van der Waals surface area contributed by atoms with E-state index in [0.717, 1.165) is 0 Å². The van der Waals surface area contributed by atoms with Gasteiger partial charge in [-0.1, -0.05) is 67.2 Å². The van der Waals surface area contributed by atoms with Crippen LogP contribution in [0.2, 0.25) is 0 Å². The van der Waals surface area contributed by atoms with E-state index in [4.69, 9.17) is 4.74 Å². The predicted molar refractivity (Wildman–Crippen MR) is 101 cm³/mol. The van der Waals surface area contributed by atoms with Gasteiger partial charge in [0.25, 0.3) is 0 Å². The largest absolute Gasteiger partial charge is 0.360 e. The Morgan fingerprint density at radius 3 is 1.84 bits per heavy atom. The highest BCUT2D eigenvalue weighted by atomic mass is 32.2. The fourth-order valence-electron chi connectivity index (χ4n) is 5.13. The van der Waals surface area contributed by atoms with E-state index in [1.54, 1.807) is 0 Å². The van der Waals surface area contributed by atoms with Gasteiger partial charge in [0, 0.05) is 5.41 Å². The Morgan fingerprint density at radius 1 is 0.840 bits per heavy atom. The molecule has 0 aromatic heterocycles. The van der Waals surface area contributed by atoms with Crippen LogP contribution < -0.4 is 0 Å². The average molecular weight is 350 g/mol. The first-order chi connectivity index (χ1) is 11.8. The normalized spacial score (nSPS) is 37.2. The van der Waals surface area contributed by atoms with Crippen molar-refractivity contribution in [1.29, 1.82) is 0 Å². The number of hydrogen-bond donors (Lipinski definition) is 0. The summed E-state index contributed by atoms with van der Waals surface area (Å²) in [7, 11) is 0. The summed E-state index contributed by atoms with van der Waals surface area (Å²) in [6, 6.07) is 17.3. The van der Waals surface area contributed by atoms with Crippen LogP contribution in [0.3, 0.4) is 0 Å². The first-order valence-corrected chi connectivity index (χ1v) is 9.78. The molecule has 0 amide bonds.